The third-order valence-corrected chi connectivity index (χ3v) is 5.85. The summed E-state index contributed by atoms with van der Waals surface area (Å²) in [7, 11) is 0. The van der Waals surface area contributed by atoms with Gasteiger partial charge in [0.15, 0.2) is 0 Å². The number of fused-ring (bicyclic) bond motifs is 1. The summed E-state index contributed by atoms with van der Waals surface area (Å²) < 4.78 is 0. The molecule has 24 heavy (non-hydrogen) atoms. The van der Waals surface area contributed by atoms with E-state index >= 15 is 0 Å². The molecule has 0 bridgehead atoms. The van der Waals surface area contributed by atoms with Gasteiger partial charge in [-0.1, -0.05) is 32.0 Å². The van der Waals surface area contributed by atoms with Crippen LogP contribution in [-0.2, 0) is 0 Å². The number of piperidine rings is 1. The summed E-state index contributed by atoms with van der Waals surface area (Å²) in [5.74, 6) is 0.444. The second-order valence-corrected chi connectivity index (χ2v) is 7.99. The molecule has 1 fully saturated rings. The third-order valence-electron chi connectivity index (χ3n) is 5.63. The number of nitrogens with zero attached hydrogens (tertiary/aromatic N) is 2. The van der Waals surface area contributed by atoms with E-state index in [0.717, 1.165) is 48.1 Å². The van der Waals surface area contributed by atoms with Crippen LogP contribution in [-0.4, -0.2) is 33.3 Å². The highest BCUT2D eigenvalue weighted by Gasteiger charge is 2.39. The summed E-state index contributed by atoms with van der Waals surface area (Å²) in [6, 6.07) is 3.73. The first-order valence-electron chi connectivity index (χ1n) is 8.51. The van der Waals surface area contributed by atoms with Crippen LogP contribution >= 0.6 is 11.6 Å². The lowest BCUT2D eigenvalue weighted by molar-refractivity contribution is -0.0150. The number of allylic oxidation sites excluding steroid dienone is 1. The second kappa shape index (κ2) is 6.41. The number of aliphatic hydroxyl groups is 1. The van der Waals surface area contributed by atoms with Gasteiger partial charge in [-0.05, 0) is 43.2 Å². The molecule has 2 heterocycles. The van der Waals surface area contributed by atoms with Gasteiger partial charge >= 0.3 is 0 Å². The number of rotatable bonds is 4. The van der Waals surface area contributed by atoms with Crippen LogP contribution in [0.4, 0.5) is 0 Å². The van der Waals surface area contributed by atoms with Gasteiger partial charge in [-0.15, -0.1) is 0 Å². The van der Waals surface area contributed by atoms with E-state index in [-0.39, 0.29) is 5.41 Å². The molecular formula is C19H26ClN3O. The number of aromatic nitrogens is 2. The van der Waals surface area contributed by atoms with E-state index in [2.05, 4.69) is 42.4 Å². The topological polar surface area (TPSA) is 52.1 Å². The molecule has 2 N–H and O–H groups in total. The van der Waals surface area contributed by atoms with Crippen LogP contribution in [0.5, 0.6) is 0 Å². The molecule has 1 aliphatic rings. The van der Waals surface area contributed by atoms with E-state index in [1.165, 1.54) is 0 Å². The van der Waals surface area contributed by atoms with E-state index in [1.807, 2.05) is 12.1 Å². The van der Waals surface area contributed by atoms with Crippen LogP contribution < -0.4 is 0 Å². The average Bonchev–Trinajstić information content (AvgIpc) is 3.01. The van der Waals surface area contributed by atoms with Gasteiger partial charge in [-0.25, -0.2) is 0 Å². The highest BCUT2D eigenvalue weighted by molar-refractivity contribution is 6.31. The molecule has 2 aromatic rings. The monoisotopic (exact) mass is 347 g/mol. The van der Waals surface area contributed by atoms with Crippen LogP contribution in [0.3, 0.4) is 0 Å². The number of H-pyrrole nitrogens is 1. The summed E-state index contributed by atoms with van der Waals surface area (Å²) in [5, 5.41) is 19.8. The van der Waals surface area contributed by atoms with Gasteiger partial charge in [0.2, 0.25) is 0 Å². The largest absolute Gasteiger partial charge is 0.388 e. The highest BCUT2D eigenvalue weighted by Crippen LogP contribution is 2.46. The number of halogens is 1. The van der Waals surface area contributed by atoms with Crippen molar-refractivity contribution in [3.05, 3.63) is 41.2 Å². The fraction of sp³-hybridized carbons (Fsp3) is 0.526. The van der Waals surface area contributed by atoms with Crippen molar-refractivity contribution in [2.75, 3.05) is 13.1 Å². The summed E-state index contributed by atoms with van der Waals surface area (Å²) in [4.78, 5) is 2.32. The van der Waals surface area contributed by atoms with E-state index in [1.54, 1.807) is 6.20 Å². The van der Waals surface area contributed by atoms with Crippen molar-refractivity contribution >= 4 is 22.5 Å². The van der Waals surface area contributed by atoms with E-state index in [9.17, 15) is 5.11 Å². The second-order valence-electron chi connectivity index (χ2n) is 7.55. The Morgan fingerprint density at radius 2 is 2.08 bits per heavy atom. The lowest BCUT2D eigenvalue weighted by atomic mass is 9.68. The summed E-state index contributed by atoms with van der Waals surface area (Å²) in [6.07, 6.45) is 3.27. The van der Waals surface area contributed by atoms with Crippen molar-refractivity contribution in [2.45, 2.75) is 39.7 Å². The first-order chi connectivity index (χ1) is 11.3. The molecule has 1 aliphatic heterocycles. The maximum atomic E-state index is 11.2. The molecule has 0 amide bonds. The molecule has 0 aliphatic carbocycles. The SMILES string of the molecule is C=C(C)N1CCC(C(C)(C)C(O)c2cc(Cl)cc3cn[nH]c23)CC1. The minimum Gasteiger partial charge on any atom is -0.388 e. The normalized spacial score (nSPS) is 18.1. The number of nitrogens with one attached hydrogen (secondary N) is 1. The summed E-state index contributed by atoms with van der Waals surface area (Å²) >= 11 is 6.25. The molecule has 0 spiro atoms. The molecule has 4 nitrogen and oxygen atoms in total. The van der Waals surface area contributed by atoms with Crippen LogP contribution in [0.2, 0.25) is 5.02 Å². The Balaban J connectivity index is 1.86. The Morgan fingerprint density at radius 3 is 2.71 bits per heavy atom. The first kappa shape index (κ1) is 17.3. The molecule has 1 saturated heterocycles. The predicted octanol–water partition coefficient (Wildman–Crippen LogP) is 4.52. The quantitative estimate of drug-likeness (QED) is 0.854. The van der Waals surface area contributed by atoms with Gasteiger partial charge in [0.1, 0.15) is 0 Å². The molecule has 3 rings (SSSR count). The zero-order valence-electron chi connectivity index (χ0n) is 14.6. The van der Waals surface area contributed by atoms with Crippen molar-refractivity contribution in [1.82, 2.24) is 15.1 Å². The fourth-order valence-electron chi connectivity index (χ4n) is 3.89. The Morgan fingerprint density at radius 1 is 1.42 bits per heavy atom. The zero-order chi connectivity index (χ0) is 17.5. The third kappa shape index (κ3) is 3.05. The Labute approximate surface area is 148 Å². The number of hydrogen-bond donors (Lipinski definition) is 2. The van der Waals surface area contributed by atoms with E-state index in [4.69, 9.17) is 11.6 Å². The lowest BCUT2D eigenvalue weighted by Crippen LogP contribution is -2.40. The van der Waals surface area contributed by atoms with E-state index < -0.39 is 6.10 Å². The molecule has 1 aromatic heterocycles. The van der Waals surface area contributed by atoms with Gasteiger partial charge in [-0.2, -0.15) is 5.10 Å². The molecule has 0 saturated carbocycles. The molecule has 1 aromatic carbocycles. The van der Waals surface area contributed by atoms with Crippen molar-refractivity contribution in [3.63, 3.8) is 0 Å². The molecular weight excluding hydrogens is 322 g/mol. The number of aromatic amines is 1. The van der Waals surface area contributed by atoms with Gasteiger partial charge in [0.05, 0.1) is 17.8 Å². The smallest absolute Gasteiger partial charge is 0.0864 e. The maximum absolute atomic E-state index is 11.2. The molecule has 1 unspecified atom stereocenters. The van der Waals surface area contributed by atoms with Gasteiger partial charge in [0.25, 0.3) is 0 Å². The van der Waals surface area contributed by atoms with Crippen LogP contribution in [0.25, 0.3) is 10.9 Å². The number of aliphatic hydroxyl groups excluding tert-OH is 1. The maximum Gasteiger partial charge on any atom is 0.0864 e. The predicted molar refractivity (Wildman–Crippen MR) is 99.0 cm³/mol. The van der Waals surface area contributed by atoms with Gasteiger partial charge in [-0.3, -0.25) is 5.10 Å². The summed E-state index contributed by atoms with van der Waals surface area (Å²) in [6.45, 7) is 12.4. The molecule has 130 valence electrons. The molecule has 5 heteroatoms. The number of likely N-dealkylation sites (tertiary alicyclic amines) is 1. The fourth-order valence-corrected chi connectivity index (χ4v) is 4.13. The van der Waals surface area contributed by atoms with Gasteiger partial charge in [0, 0.05) is 34.8 Å². The zero-order valence-corrected chi connectivity index (χ0v) is 15.4. The van der Waals surface area contributed by atoms with Crippen molar-refractivity contribution in [2.24, 2.45) is 11.3 Å². The Kier molecular flexibility index (Phi) is 4.63. The first-order valence-corrected chi connectivity index (χ1v) is 8.89. The van der Waals surface area contributed by atoms with Crippen LogP contribution in [0, 0.1) is 11.3 Å². The van der Waals surface area contributed by atoms with Crippen LogP contribution in [0.1, 0.15) is 45.3 Å². The minimum absolute atomic E-state index is 0.246. The molecule has 0 radical (unpaired) electrons. The average molecular weight is 348 g/mol. The van der Waals surface area contributed by atoms with Crippen molar-refractivity contribution in [1.29, 1.82) is 0 Å². The summed E-state index contributed by atoms with van der Waals surface area (Å²) in [5.41, 5.74) is 2.59. The minimum atomic E-state index is -0.597. The van der Waals surface area contributed by atoms with Crippen molar-refractivity contribution < 1.29 is 5.11 Å². The highest BCUT2D eigenvalue weighted by atomic mass is 35.5. The van der Waals surface area contributed by atoms with Crippen LogP contribution in [0.15, 0.2) is 30.6 Å². The standard InChI is InChI=1S/C19H26ClN3O/c1-12(2)23-7-5-14(6-8-23)19(3,4)18(24)16-10-15(20)9-13-11-21-22-17(13)16/h9-11,14,18,24H,1,5-8H2,2-4H3,(H,21,22). The Bertz CT molecular complexity index is 744. The molecule has 1 atom stereocenters. The van der Waals surface area contributed by atoms with Gasteiger partial charge < -0.3 is 10.0 Å². The lowest BCUT2D eigenvalue weighted by Gasteiger charge is -2.44. The van der Waals surface area contributed by atoms with Crippen molar-refractivity contribution in [3.8, 4) is 0 Å². The van der Waals surface area contributed by atoms with E-state index in [0.29, 0.717) is 10.9 Å². The Hall–Kier alpha value is -1.52. The number of benzene rings is 1. The number of hydrogen-bond acceptors (Lipinski definition) is 3.